The van der Waals surface area contributed by atoms with E-state index in [1.807, 2.05) is 40.8 Å². The van der Waals surface area contributed by atoms with E-state index < -0.39 is 0 Å². The number of hydrogen-bond acceptors (Lipinski definition) is 5. The number of nitrogens with zero attached hydrogens (tertiary/aromatic N) is 6. The van der Waals surface area contributed by atoms with Gasteiger partial charge in [0.15, 0.2) is 0 Å². The molecule has 7 nitrogen and oxygen atoms in total. The largest absolute Gasteiger partial charge is 0.329 e. The van der Waals surface area contributed by atoms with Crippen LogP contribution in [0.5, 0.6) is 0 Å². The topological polar surface area (TPSA) is 76.8 Å². The molecule has 7 heteroatoms. The third-order valence-electron chi connectivity index (χ3n) is 4.47. The number of carbonyl (C=O) groups excluding carboxylic acids is 1. The SMILES string of the molecule is Cc1nccn1-c1cccc([C@H]2CCCN2C(=O)c2cnccn2)n1. The molecule has 25 heavy (non-hydrogen) atoms. The molecule has 0 aromatic carbocycles. The first-order valence-electron chi connectivity index (χ1n) is 8.28. The number of pyridine rings is 1. The van der Waals surface area contributed by atoms with Gasteiger partial charge in [0.05, 0.1) is 17.9 Å². The second-order valence-electron chi connectivity index (χ2n) is 6.01. The highest BCUT2D eigenvalue weighted by Gasteiger charge is 2.32. The summed E-state index contributed by atoms with van der Waals surface area (Å²) in [4.78, 5) is 31.8. The molecule has 0 bridgehead atoms. The Morgan fingerprint density at radius 1 is 1.20 bits per heavy atom. The third-order valence-corrected chi connectivity index (χ3v) is 4.47. The number of imidazole rings is 1. The van der Waals surface area contributed by atoms with Gasteiger partial charge < -0.3 is 4.90 Å². The van der Waals surface area contributed by atoms with Crippen molar-refractivity contribution in [2.24, 2.45) is 0 Å². The van der Waals surface area contributed by atoms with Crippen LogP contribution in [0.4, 0.5) is 0 Å². The minimum atomic E-state index is -0.0957. The van der Waals surface area contributed by atoms with Gasteiger partial charge in [0.1, 0.15) is 17.3 Å². The molecule has 1 aliphatic heterocycles. The fourth-order valence-electron chi connectivity index (χ4n) is 3.25. The molecule has 3 aromatic heterocycles. The molecule has 4 rings (SSSR count). The Bertz CT molecular complexity index is 891. The zero-order valence-electron chi connectivity index (χ0n) is 13.9. The molecule has 0 unspecified atom stereocenters. The molecule has 0 aliphatic carbocycles. The van der Waals surface area contributed by atoms with E-state index >= 15 is 0 Å². The van der Waals surface area contributed by atoms with Crippen molar-refractivity contribution in [1.29, 1.82) is 0 Å². The van der Waals surface area contributed by atoms with E-state index in [-0.39, 0.29) is 11.9 Å². The van der Waals surface area contributed by atoms with Crippen LogP contribution >= 0.6 is 0 Å². The van der Waals surface area contributed by atoms with Crippen molar-refractivity contribution in [1.82, 2.24) is 29.4 Å². The van der Waals surface area contributed by atoms with E-state index in [0.717, 1.165) is 30.2 Å². The molecule has 1 fully saturated rings. The minimum absolute atomic E-state index is 0.0433. The Labute approximate surface area is 145 Å². The average Bonchev–Trinajstić information content (AvgIpc) is 3.31. The quantitative estimate of drug-likeness (QED) is 0.735. The molecule has 1 amide bonds. The van der Waals surface area contributed by atoms with Crippen molar-refractivity contribution < 1.29 is 4.79 Å². The first-order valence-corrected chi connectivity index (χ1v) is 8.28. The number of aromatic nitrogens is 5. The summed E-state index contributed by atoms with van der Waals surface area (Å²) in [5.74, 6) is 1.59. The van der Waals surface area contributed by atoms with Gasteiger partial charge >= 0.3 is 0 Å². The lowest BCUT2D eigenvalue weighted by molar-refractivity contribution is 0.0726. The Hall–Kier alpha value is -3.09. The summed E-state index contributed by atoms with van der Waals surface area (Å²) in [5, 5.41) is 0. The zero-order chi connectivity index (χ0) is 17.2. The van der Waals surface area contributed by atoms with Crippen molar-refractivity contribution in [2.75, 3.05) is 6.54 Å². The van der Waals surface area contributed by atoms with Crippen LogP contribution in [0.3, 0.4) is 0 Å². The smallest absolute Gasteiger partial charge is 0.274 e. The van der Waals surface area contributed by atoms with E-state index in [4.69, 9.17) is 4.98 Å². The van der Waals surface area contributed by atoms with Crippen molar-refractivity contribution in [3.8, 4) is 5.82 Å². The Balaban J connectivity index is 1.65. The van der Waals surface area contributed by atoms with Crippen LogP contribution in [-0.4, -0.2) is 41.9 Å². The molecule has 3 aromatic rings. The maximum Gasteiger partial charge on any atom is 0.274 e. The fourth-order valence-corrected chi connectivity index (χ4v) is 3.25. The molecule has 0 spiro atoms. The van der Waals surface area contributed by atoms with Crippen LogP contribution in [0, 0.1) is 6.92 Å². The lowest BCUT2D eigenvalue weighted by Crippen LogP contribution is -2.31. The van der Waals surface area contributed by atoms with Crippen LogP contribution in [0.1, 0.15) is 40.9 Å². The lowest BCUT2D eigenvalue weighted by Gasteiger charge is -2.24. The van der Waals surface area contributed by atoms with Crippen LogP contribution in [-0.2, 0) is 0 Å². The summed E-state index contributed by atoms with van der Waals surface area (Å²) < 4.78 is 1.94. The molecular formula is C18H18N6O. The molecule has 0 saturated carbocycles. The number of hydrogen-bond donors (Lipinski definition) is 0. The van der Waals surface area contributed by atoms with E-state index in [1.54, 1.807) is 18.6 Å². The Morgan fingerprint density at radius 3 is 2.88 bits per heavy atom. The summed E-state index contributed by atoms with van der Waals surface area (Å²) in [5.41, 5.74) is 1.26. The molecule has 1 saturated heterocycles. The third kappa shape index (κ3) is 2.88. The van der Waals surface area contributed by atoms with Gasteiger partial charge in [-0.2, -0.15) is 0 Å². The van der Waals surface area contributed by atoms with Gasteiger partial charge in [-0.25, -0.2) is 15.0 Å². The van der Waals surface area contributed by atoms with Crippen LogP contribution in [0.25, 0.3) is 5.82 Å². The minimum Gasteiger partial charge on any atom is -0.329 e. The highest BCUT2D eigenvalue weighted by molar-refractivity contribution is 5.92. The molecule has 1 aliphatic rings. The molecule has 0 N–H and O–H groups in total. The Kier molecular flexibility index (Phi) is 3.97. The number of carbonyl (C=O) groups is 1. The van der Waals surface area contributed by atoms with E-state index in [0.29, 0.717) is 12.2 Å². The van der Waals surface area contributed by atoms with Crippen molar-refractivity contribution in [3.05, 3.63) is 66.4 Å². The Morgan fingerprint density at radius 2 is 2.12 bits per heavy atom. The maximum atomic E-state index is 12.8. The highest BCUT2D eigenvalue weighted by Crippen LogP contribution is 2.32. The second kappa shape index (κ2) is 6.43. The summed E-state index contributed by atoms with van der Waals surface area (Å²) in [7, 11) is 0. The van der Waals surface area contributed by atoms with Gasteiger partial charge in [-0.15, -0.1) is 0 Å². The summed E-state index contributed by atoms with van der Waals surface area (Å²) >= 11 is 0. The van der Waals surface area contributed by atoms with Crippen LogP contribution in [0.15, 0.2) is 49.2 Å². The van der Waals surface area contributed by atoms with Crippen molar-refractivity contribution >= 4 is 5.91 Å². The molecule has 126 valence electrons. The van der Waals surface area contributed by atoms with Gasteiger partial charge in [0, 0.05) is 31.3 Å². The van der Waals surface area contributed by atoms with Gasteiger partial charge in [-0.3, -0.25) is 14.3 Å². The second-order valence-corrected chi connectivity index (χ2v) is 6.01. The summed E-state index contributed by atoms with van der Waals surface area (Å²) in [6.45, 7) is 2.64. The van der Waals surface area contributed by atoms with Crippen molar-refractivity contribution in [3.63, 3.8) is 0 Å². The number of aryl methyl sites for hydroxylation is 1. The normalized spacial score (nSPS) is 17.0. The first kappa shape index (κ1) is 15.4. The van der Waals surface area contributed by atoms with Crippen LogP contribution in [0.2, 0.25) is 0 Å². The zero-order valence-corrected chi connectivity index (χ0v) is 13.9. The van der Waals surface area contributed by atoms with E-state index in [2.05, 4.69) is 15.0 Å². The summed E-state index contributed by atoms with van der Waals surface area (Å²) in [6.07, 6.45) is 10.1. The predicted octanol–water partition coefficient (Wildman–Crippen LogP) is 2.34. The fraction of sp³-hybridized carbons (Fsp3) is 0.278. The average molecular weight is 334 g/mol. The monoisotopic (exact) mass is 334 g/mol. The van der Waals surface area contributed by atoms with E-state index in [1.165, 1.54) is 6.20 Å². The summed E-state index contributed by atoms with van der Waals surface area (Å²) in [6, 6.07) is 5.85. The standard InChI is InChI=1S/C18H18N6O/c1-13-20-9-11-23(13)17-6-2-4-14(22-17)16-5-3-10-24(16)18(25)15-12-19-7-8-21-15/h2,4,6-9,11-12,16H,3,5,10H2,1H3/t16-/m1/s1. The van der Waals surface area contributed by atoms with Gasteiger partial charge in [-0.1, -0.05) is 6.07 Å². The maximum absolute atomic E-state index is 12.8. The highest BCUT2D eigenvalue weighted by atomic mass is 16.2. The first-order chi connectivity index (χ1) is 12.2. The van der Waals surface area contributed by atoms with Gasteiger partial charge in [0.2, 0.25) is 0 Å². The molecule has 1 atom stereocenters. The predicted molar refractivity (Wildman–Crippen MR) is 91.1 cm³/mol. The van der Waals surface area contributed by atoms with Gasteiger partial charge in [0.25, 0.3) is 5.91 Å². The number of amides is 1. The van der Waals surface area contributed by atoms with Crippen LogP contribution < -0.4 is 0 Å². The molecule has 0 radical (unpaired) electrons. The van der Waals surface area contributed by atoms with E-state index in [9.17, 15) is 4.79 Å². The lowest BCUT2D eigenvalue weighted by atomic mass is 10.1. The van der Waals surface area contributed by atoms with Gasteiger partial charge in [-0.05, 0) is 31.9 Å². The molecular weight excluding hydrogens is 316 g/mol. The number of likely N-dealkylation sites (tertiary alicyclic amines) is 1. The molecule has 4 heterocycles. The number of rotatable bonds is 3. The van der Waals surface area contributed by atoms with Crippen molar-refractivity contribution in [2.45, 2.75) is 25.8 Å².